The van der Waals surface area contributed by atoms with Gasteiger partial charge >= 0.3 is 0 Å². The Labute approximate surface area is 120 Å². The second-order valence-electron chi connectivity index (χ2n) is 4.69. The largest absolute Gasteiger partial charge is 0.444 e. The van der Waals surface area contributed by atoms with Crippen LogP contribution in [0.1, 0.15) is 22.0 Å². The molecule has 0 bridgehead atoms. The Bertz CT molecular complexity index is 811. The number of hydrogen-bond donors (Lipinski definition) is 1. The molecule has 1 aromatic heterocycles. The van der Waals surface area contributed by atoms with Gasteiger partial charge in [-0.25, -0.2) is 9.37 Å². The number of hydrogen-bond acceptors (Lipinski definition) is 3. The van der Waals surface area contributed by atoms with Crippen molar-refractivity contribution in [2.24, 2.45) is 0 Å². The third kappa shape index (κ3) is 2.63. The molecule has 21 heavy (non-hydrogen) atoms. The minimum absolute atomic E-state index is 0.193. The van der Waals surface area contributed by atoms with E-state index < -0.39 is 0 Å². The molecule has 106 valence electrons. The van der Waals surface area contributed by atoms with Crippen molar-refractivity contribution in [3.63, 3.8) is 0 Å². The van der Waals surface area contributed by atoms with E-state index in [2.05, 4.69) is 10.3 Å². The summed E-state index contributed by atoms with van der Waals surface area (Å²) in [5.41, 5.74) is 0.426. The highest BCUT2D eigenvalue weighted by Crippen LogP contribution is 2.21. The average Bonchev–Trinajstić information content (AvgIpc) is 2.91. The maximum Gasteiger partial charge on any atom is 0.252 e. The first-order chi connectivity index (χ1) is 10.1. The third-order valence-electron chi connectivity index (χ3n) is 3.18. The van der Waals surface area contributed by atoms with Crippen LogP contribution in [0.2, 0.25) is 0 Å². The van der Waals surface area contributed by atoms with E-state index >= 15 is 0 Å². The van der Waals surface area contributed by atoms with Crippen LogP contribution in [0.3, 0.4) is 0 Å². The molecule has 0 radical (unpaired) electrons. The molecular weight excluding hydrogens is 271 g/mol. The Hall–Kier alpha value is -2.69. The highest BCUT2D eigenvalue weighted by atomic mass is 19.1. The van der Waals surface area contributed by atoms with E-state index in [-0.39, 0.29) is 18.3 Å². The van der Waals surface area contributed by atoms with Gasteiger partial charge in [-0.3, -0.25) is 4.79 Å². The van der Waals surface area contributed by atoms with Crippen molar-refractivity contribution in [3.05, 3.63) is 65.6 Å². The van der Waals surface area contributed by atoms with Crippen LogP contribution in [0.4, 0.5) is 4.39 Å². The molecule has 0 unspecified atom stereocenters. The van der Waals surface area contributed by atoms with Gasteiger partial charge in [0.15, 0.2) is 0 Å². The van der Waals surface area contributed by atoms with Gasteiger partial charge < -0.3 is 9.73 Å². The van der Waals surface area contributed by atoms with Crippen molar-refractivity contribution in [3.8, 4) is 0 Å². The number of nitrogens with one attached hydrogen (secondary N) is 1. The topological polar surface area (TPSA) is 55.1 Å². The Morgan fingerprint density at radius 2 is 2.00 bits per heavy atom. The number of nitrogens with zero attached hydrogens (tertiary/aromatic N) is 1. The second kappa shape index (κ2) is 5.36. The first-order valence-electron chi connectivity index (χ1n) is 6.52. The maximum absolute atomic E-state index is 13.7. The van der Waals surface area contributed by atoms with E-state index in [9.17, 15) is 9.18 Å². The number of amides is 1. The number of carbonyl (C=O) groups excluding carboxylic acids is 1. The standard InChI is InChI=1S/C16H13FN2O2/c1-10-8-18-15(21-10)9-19-16(20)13-6-7-14(17)12-5-3-2-4-11(12)13/h2-8H,9H2,1H3,(H,19,20). The number of benzene rings is 2. The Morgan fingerprint density at radius 1 is 1.24 bits per heavy atom. The van der Waals surface area contributed by atoms with Crippen LogP contribution in [0, 0.1) is 12.7 Å². The van der Waals surface area contributed by atoms with Gasteiger partial charge in [0.2, 0.25) is 5.89 Å². The van der Waals surface area contributed by atoms with Crippen LogP contribution < -0.4 is 5.32 Å². The van der Waals surface area contributed by atoms with E-state index in [1.54, 1.807) is 37.4 Å². The van der Waals surface area contributed by atoms with E-state index in [0.29, 0.717) is 28.0 Å². The zero-order valence-electron chi connectivity index (χ0n) is 11.4. The van der Waals surface area contributed by atoms with Crippen LogP contribution in [-0.2, 0) is 6.54 Å². The Balaban J connectivity index is 1.86. The fraction of sp³-hybridized carbons (Fsp3) is 0.125. The lowest BCUT2D eigenvalue weighted by molar-refractivity contribution is 0.0948. The first kappa shape index (κ1) is 13.3. The second-order valence-corrected chi connectivity index (χ2v) is 4.69. The van der Waals surface area contributed by atoms with Crippen molar-refractivity contribution in [2.75, 3.05) is 0 Å². The van der Waals surface area contributed by atoms with E-state index in [1.807, 2.05) is 0 Å². The lowest BCUT2D eigenvalue weighted by Crippen LogP contribution is -2.23. The number of fused-ring (bicyclic) bond motifs is 1. The van der Waals surface area contributed by atoms with Gasteiger partial charge in [0.1, 0.15) is 11.6 Å². The molecule has 0 spiro atoms. The molecular formula is C16H13FN2O2. The van der Waals surface area contributed by atoms with Gasteiger partial charge in [0.05, 0.1) is 12.7 Å². The number of oxazole rings is 1. The summed E-state index contributed by atoms with van der Waals surface area (Å²) in [6.07, 6.45) is 1.59. The van der Waals surface area contributed by atoms with Crippen molar-refractivity contribution in [1.82, 2.24) is 10.3 Å². The number of aromatic nitrogens is 1. The zero-order valence-corrected chi connectivity index (χ0v) is 11.4. The van der Waals surface area contributed by atoms with Gasteiger partial charge in [-0.2, -0.15) is 0 Å². The van der Waals surface area contributed by atoms with Crippen LogP contribution in [0.15, 0.2) is 47.0 Å². The Morgan fingerprint density at radius 3 is 2.71 bits per heavy atom. The monoisotopic (exact) mass is 284 g/mol. The van der Waals surface area contributed by atoms with Crippen molar-refractivity contribution in [2.45, 2.75) is 13.5 Å². The molecule has 0 saturated carbocycles. The lowest BCUT2D eigenvalue weighted by atomic mass is 10.0. The van der Waals surface area contributed by atoms with Gasteiger partial charge in [0.25, 0.3) is 5.91 Å². The summed E-state index contributed by atoms with van der Waals surface area (Å²) in [4.78, 5) is 16.3. The summed E-state index contributed by atoms with van der Waals surface area (Å²) in [6.45, 7) is 1.98. The van der Waals surface area contributed by atoms with Gasteiger partial charge in [-0.05, 0) is 24.4 Å². The SMILES string of the molecule is Cc1cnc(CNC(=O)c2ccc(F)c3ccccc23)o1. The molecule has 3 rings (SSSR count). The summed E-state index contributed by atoms with van der Waals surface area (Å²) in [7, 11) is 0. The third-order valence-corrected chi connectivity index (χ3v) is 3.18. The summed E-state index contributed by atoms with van der Waals surface area (Å²) < 4.78 is 19.0. The molecule has 5 heteroatoms. The number of halogens is 1. The predicted molar refractivity (Wildman–Crippen MR) is 76.3 cm³/mol. The van der Waals surface area contributed by atoms with Crippen LogP contribution in [0.5, 0.6) is 0 Å². The average molecular weight is 284 g/mol. The molecule has 2 aromatic carbocycles. The smallest absolute Gasteiger partial charge is 0.252 e. The van der Waals surface area contributed by atoms with E-state index in [4.69, 9.17) is 4.42 Å². The molecule has 4 nitrogen and oxygen atoms in total. The van der Waals surface area contributed by atoms with Crippen molar-refractivity contribution < 1.29 is 13.6 Å². The molecule has 0 saturated heterocycles. The maximum atomic E-state index is 13.7. The lowest BCUT2D eigenvalue weighted by Gasteiger charge is -2.07. The van der Waals surface area contributed by atoms with E-state index in [0.717, 1.165) is 0 Å². The minimum Gasteiger partial charge on any atom is -0.444 e. The van der Waals surface area contributed by atoms with Crippen LogP contribution >= 0.6 is 0 Å². The van der Waals surface area contributed by atoms with Crippen molar-refractivity contribution >= 4 is 16.7 Å². The quantitative estimate of drug-likeness (QED) is 0.803. The molecule has 1 N–H and O–H groups in total. The zero-order chi connectivity index (χ0) is 14.8. The summed E-state index contributed by atoms with van der Waals surface area (Å²) in [5, 5.41) is 3.73. The van der Waals surface area contributed by atoms with Crippen molar-refractivity contribution in [1.29, 1.82) is 0 Å². The van der Waals surface area contributed by atoms with Crippen LogP contribution in [0.25, 0.3) is 10.8 Å². The molecule has 3 aromatic rings. The first-order valence-corrected chi connectivity index (χ1v) is 6.52. The molecule has 0 aliphatic heterocycles. The normalized spacial score (nSPS) is 10.8. The molecule has 1 heterocycles. The number of aryl methyl sites for hydroxylation is 1. The molecule has 0 atom stereocenters. The number of carbonyl (C=O) groups is 1. The summed E-state index contributed by atoms with van der Waals surface area (Å²) >= 11 is 0. The molecule has 0 aliphatic rings. The minimum atomic E-state index is -0.342. The fourth-order valence-corrected chi connectivity index (χ4v) is 2.19. The highest BCUT2D eigenvalue weighted by molar-refractivity contribution is 6.07. The summed E-state index contributed by atoms with van der Waals surface area (Å²) in [6, 6.07) is 9.67. The van der Waals surface area contributed by atoms with Gasteiger partial charge in [0, 0.05) is 10.9 Å². The van der Waals surface area contributed by atoms with Gasteiger partial charge in [-0.15, -0.1) is 0 Å². The van der Waals surface area contributed by atoms with Crippen LogP contribution in [-0.4, -0.2) is 10.9 Å². The Kier molecular flexibility index (Phi) is 3.39. The van der Waals surface area contributed by atoms with E-state index in [1.165, 1.54) is 12.1 Å². The predicted octanol–water partition coefficient (Wildman–Crippen LogP) is 3.21. The van der Waals surface area contributed by atoms with Gasteiger partial charge in [-0.1, -0.05) is 24.3 Å². The number of rotatable bonds is 3. The molecule has 0 aliphatic carbocycles. The highest BCUT2D eigenvalue weighted by Gasteiger charge is 2.12. The molecule has 0 fully saturated rings. The summed E-state index contributed by atoms with van der Waals surface area (Å²) in [5.74, 6) is 0.492. The molecule has 1 amide bonds. The fourth-order valence-electron chi connectivity index (χ4n) is 2.19.